The van der Waals surface area contributed by atoms with E-state index in [1.54, 1.807) is 5.38 Å². The number of anilines is 1. The Labute approximate surface area is 155 Å². The van der Waals surface area contributed by atoms with Gasteiger partial charge in [-0.15, -0.1) is 11.3 Å². The first kappa shape index (κ1) is 17.0. The zero-order valence-electron chi connectivity index (χ0n) is 13.6. The van der Waals surface area contributed by atoms with Gasteiger partial charge in [-0.2, -0.15) is 0 Å². The minimum atomic E-state index is -0.934. The fourth-order valence-electron chi connectivity index (χ4n) is 2.66. The molecule has 0 bridgehead atoms. The molecule has 0 fully saturated rings. The van der Waals surface area contributed by atoms with E-state index < -0.39 is 28.8 Å². The van der Waals surface area contributed by atoms with Crippen molar-refractivity contribution in [3.8, 4) is 11.3 Å². The number of hydrogen-bond donors (Lipinski definition) is 1. The number of rotatable bonds is 3. The van der Waals surface area contributed by atoms with Gasteiger partial charge in [0.05, 0.1) is 5.69 Å². The molecule has 2 aromatic heterocycles. The number of halogens is 2. The lowest BCUT2D eigenvalue weighted by molar-refractivity contribution is 0.102. The molecule has 0 aliphatic carbocycles. The molecule has 0 unspecified atom stereocenters. The summed E-state index contributed by atoms with van der Waals surface area (Å²) < 4.78 is 28.8. The van der Waals surface area contributed by atoms with E-state index in [2.05, 4.69) is 10.3 Å². The molecule has 27 heavy (non-hydrogen) atoms. The zero-order chi connectivity index (χ0) is 19.0. The number of carbonyl (C=O) groups excluding carboxylic acids is 1. The lowest BCUT2D eigenvalue weighted by atomic mass is 10.2. The summed E-state index contributed by atoms with van der Waals surface area (Å²) in [6.07, 6.45) is 1.11. The number of thiazole rings is 1. The van der Waals surface area contributed by atoms with Crippen molar-refractivity contribution in [3.63, 3.8) is 0 Å². The molecule has 0 aliphatic heterocycles. The fraction of sp³-hybridized carbons (Fsp3) is 0. The van der Waals surface area contributed by atoms with Gasteiger partial charge in [-0.25, -0.2) is 13.8 Å². The van der Waals surface area contributed by atoms with Crippen LogP contribution in [0.2, 0.25) is 0 Å². The molecule has 1 amide bonds. The van der Waals surface area contributed by atoms with E-state index in [1.807, 2.05) is 30.3 Å². The molecule has 0 saturated carbocycles. The van der Waals surface area contributed by atoms with Crippen molar-refractivity contribution in [1.29, 1.82) is 0 Å². The zero-order valence-corrected chi connectivity index (χ0v) is 14.5. The minimum absolute atomic E-state index is 0.314. The highest BCUT2D eigenvalue weighted by Gasteiger charge is 2.19. The van der Waals surface area contributed by atoms with Gasteiger partial charge in [0.1, 0.15) is 22.9 Å². The third kappa shape index (κ3) is 3.00. The first-order valence-corrected chi connectivity index (χ1v) is 8.74. The third-order valence-electron chi connectivity index (χ3n) is 3.96. The van der Waals surface area contributed by atoms with Crippen molar-refractivity contribution in [2.45, 2.75) is 0 Å². The summed E-state index contributed by atoms with van der Waals surface area (Å²) in [5, 5.41) is 3.87. The van der Waals surface area contributed by atoms with Gasteiger partial charge in [-0.05, 0) is 17.7 Å². The van der Waals surface area contributed by atoms with E-state index in [1.165, 1.54) is 21.8 Å². The maximum atomic E-state index is 13.8. The van der Waals surface area contributed by atoms with Gasteiger partial charge in [-0.1, -0.05) is 36.4 Å². The SMILES string of the molecule is O=C(Nc1c(F)cccc1F)c1cnc2scc(-c3ccccc3)n2c1=O. The molecule has 8 heteroatoms. The lowest BCUT2D eigenvalue weighted by Gasteiger charge is -2.08. The standard InChI is InChI=1S/C19H11F2N3O2S/c20-13-7-4-8-14(21)16(13)23-17(25)12-9-22-19-24(18(12)26)15(10-27-19)11-5-2-1-3-6-11/h1-10H,(H,23,25). The average molecular weight is 383 g/mol. The summed E-state index contributed by atoms with van der Waals surface area (Å²) >= 11 is 1.25. The average Bonchev–Trinajstić information content (AvgIpc) is 3.11. The Morgan fingerprint density at radius 2 is 1.74 bits per heavy atom. The van der Waals surface area contributed by atoms with Gasteiger partial charge in [0, 0.05) is 11.6 Å². The molecule has 134 valence electrons. The quantitative estimate of drug-likeness (QED) is 0.583. The second kappa shape index (κ2) is 6.73. The summed E-state index contributed by atoms with van der Waals surface area (Å²) in [6, 6.07) is 12.4. The van der Waals surface area contributed by atoms with E-state index in [0.29, 0.717) is 10.7 Å². The van der Waals surface area contributed by atoms with Gasteiger partial charge in [-0.3, -0.25) is 14.0 Å². The van der Waals surface area contributed by atoms with E-state index in [0.717, 1.165) is 23.9 Å². The summed E-state index contributed by atoms with van der Waals surface area (Å²) in [5.41, 5.74) is -0.175. The molecular formula is C19H11F2N3O2S. The molecule has 0 radical (unpaired) electrons. The smallest absolute Gasteiger partial charge is 0.271 e. The molecule has 2 heterocycles. The highest BCUT2D eigenvalue weighted by atomic mass is 32.1. The Morgan fingerprint density at radius 3 is 2.44 bits per heavy atom. The molecule has 5 nitrogen and oxygen atoms in total. The normalized spacial score (nSPS) is 10.9. The monoisotopic (exact) mass is 383 g/mol. The number of nitrogens with one attached hydrogen (secondary N) is 1. The van der Waals surface area contributed by atoms with Crippen LogP contribution in [0.1, 0.15) is 10.4 Å². The van der Waals surface area contributed by atoms with Crippen molar-refractivity contribution in [1.82, 2.24) is 9.38 Å². The first-order valence-electron chi connectivity index (χ1n) is 7.86. The third-order valence-corrected chi connectivity index (χ3v) is 4.80. The van der Waals surface area contributed by atoms with Crippen molar-refractivity contribution < 1.29 is 13.6 Å². The van der Waals surface area contributed by atoms with Gasteiger partial charge in [0.25, 0.3) is 11.5 Å². The highest BCUT2D eigenvalue weighted by molar-refractivity contribution is 7.15. The van der Waals surface area contributed by atoms with Crippen LogP contribution in [0.4, 0.5) is 14.5 Å². The predicted molar refractivity (Wildman–Crippen MR) is 99.1 cm³/mol. The van der Waals surface area contributed by atoms with E-state index in [9.17, 15) is 18.4 Å². The van der Waals surface area contributed by atoms with E-state index in [4.69, 9.17) is 0 Å². The van der Waals surface area contributed by atoms with Gasteiger partial charge in [0.2, 0.25) is 0 Å². The molecule has 2 aromatic carbocycles. The number of fused-ring (bicyclic) bond motifs is 1. The predicted octanol–water partition coefficient (Wildman–Crippen LogP) is 3.95. The number of benzene rings is 2. The number of aromatic nitrogens is 2. The van der Waals surface area contributed by atoms with Crippen LogP contribution < -0.4 is 10.9 Å². The molecular weight excluding hydrogens is 372 g/mol. The molecule has 1 N–H and O–H groups in total. The lowest BCUT2D eigenvalue weighted by Crippen LogP contribution is -2.27. The molecule has 4 aromatic rings. The van der Waals surface area contributed by atoms with Crippen LogP contribution in [0.3, 0.4) is 0 Å². The van der Waals surface area contributed by atoms with E-state index in [-0.39, 0.29) is 5.56 Å². The Hall–Kier alpha value is -3.39. The number of nitrogens with zero attached hydrogens (tertiary/aromatic N) is 2. The minimum Gasteiger partial charge on any atom is -0.317 e. The summed E-state index contributed by atoms with van der Waals surface area (Å²) in [7, 11) is 0. The van der Waals surface area contributed by atoms with Crippen LogP contribution in [-0.4, -0.2) is 15.3 Å². The van der Waals surface area contributed by atoms with Gasteiger partial charge >= 0.3 is 0 Å². The van der Waals surface area contributed by atoms with Crippen molar-refractivity contribution in [3.05, 3.63) is 87.7 Å². The maximum absolute atomic E-state index is 13.8. The van der Waals surface area contributed by atoms with Crippen molar-refractivity contribution >= 4 is 27.9 Å². The Morgan fingerprint density at radius 1 is 1.04 bits per heavy atom. The van der Waals surface area contributed by atoms with Gasteiger partial charge in [0.15, 0.2) is 4.96 Å². The van der Waals surface area contributed by atoms with Gasteiger partial charge < -0.3 is 5.32 Å². The second-order valence-corrected chi connectivity index (χ2v) is 6.47. The van der Waals surface area contributed by atoms with Crippen molar-refractivity contribution in [2.24, 2.45) is 0 Å². The number of carbonyl (C=O) groups is 1. The molecule has 0 atom stereocenters. The number of para-hydroxylation sites is 1. The first-order chi connectivity index (χ1) is 13.1. The van der Waals surface area contributed by atoms with Crippen LogP contribution in [0, 0.1) is 11.6 Å². The largest absolute Gasteiger partial charge is 0.317 e. The maximum Gasteiger partial charge on any atom is 0.271 e. The second-order valence-electron chi connectivity index (χ2n) is 5.63. The number of hydrogen-bond acceptors (Lipinski definition) is 4. The summed E-state index contributed by atoms with van der Waals surface area (Å²) in [5.74, 6) is -2.80. The molecule has 0 spiro atoms. The number of amides is 1. The molecule has 0 saturated heterocycles. The Kier molecular flexibility index (Phi) is 4.25. The summed E-state index contributed by atoms with van der Waals surface area (Å²) in [4.78, 5) is 29.9. The van der Waals surface area contributed by atoms with Crippen molar-refractivity contribution in [2.75, 3.05) is 5.32 Å². The topological polar surface area (TPSA) is 63.5 Å². The van der Waals surface area contributed by atoms with Crippen LogP contribution >= 0.6 is 11.3 Å². The van der Waals surface area contributed by atoms with Crippen LogP contribution in [0.5, 0.6) is 0 Å². The Balaban J connectivity index is 1.80. The highest BCUT2D eigenvalue weighted by Crippen LogP contribution is 2.24. The summed E-state index contributed by atoms with van der Waals surface area (Å²) in [6.45, 7) is 0. The molecule has 0 aliphatic rings. The van der Waals surface area contributed by atoms with E-state index >= 15 is 0 Å². The molecule has 4 rings (SSSR count). The Bertz CT molecular complexity index is 1200. The van der Waals surface area contributed by atoms with Crippen LogP contribution in [-0.2, 0) is 0 Å². The van der Waals surface area contributed by atoms with Crippen LogP contribution in [0.15, 0.2) is 64.9 Å². The van der Waals surface area contributed by atoms with Crippen LogP contribution in [0.25, 0.3) is 16.2 Å². The fourth-order valence-corrected chi connectivity index (χ4v) is 3.52.